The molecule has 0 saturated heterocycles. The highest BCUT2D eigenvalue weighted by Gasteiger charge is 2.28. The van der Waals surface area contributed by atoms with Crippen LogP contribution in [0.5, 0.6) is 0 Å². The molecule has 70 valence electrons. The Labute approximate surface area is 76.3 Å². The van der Waals surface area contributed by atoms with Crippen molar-refractivity contribution >= 4 is 9.84 Å². The Hall–Kier alpha value is -0.900. The van der Waals surface area contributed by atoms with E-state index in [9.17, 15) is 12.8 Å². The Bertz CT molecular complexity index is 425. The molecule has 1 heterocycles. The van der Waals surface area contributed by atoms with Crippen molar-refractivity contribution in [2.45, 2.75) is 11.9 Å². The van der Waals surface area contributed by atoms with Crippen molar-refractivity contribution in [3.8, 4) is 0 Å². The molecule has 0 fully saturated rings. The molecule has 1 atom stereocenters. The van der Waals surface area contributed by atoms with Crippen LogP contribution in [0.1, 0.15) is 17.3 Å². The highest BCUT2D eigenvalue weighted by molar-refractivity contribution is 7.90. The Kier molecular flexibility index (Phi) is 1.87. The maximum Gasteiger partial charge on any atom is 0.157 e. The van der Waals surface area contributed by atoms with Gasteiger partial charge in [0.15, 0.2) is 9.84 Å². The third-order valence-electron chi connectivity index (χ3n) is 2.17. The summed E-state index contributed by atoms with van der Waals surface area (Å²) in [6.45, 7) is 0. The van der Waals surface area contributed by atoms with Gasteiger partial charge < -0.3 is 0 Å². The van der Waals surface area contributed by atoms with Crippen LogP contribution in [-0.4, -0.2) is 14.2 Å². The van der Waals surface area contributed by atoms with Crippen molar-refractivity contribution < 1.29 is 12.8 Å². The van der Waals surface area contributed by atoms with Crippen molar-refractivity contribution in [2.75, 3.05) is 5.75 Å². The summed E-state index contributed by atoms with van der Waals surface area (Å²) < 4.78 is 35.7. The third kappa shape index (κ3) is 1.58. The average molecular weight is 200 g/mol. The molecule has 2 rings (SSSR count). The predicted molar refractivity (Wildman–Crippen MR) is 47.8 cm³/mol. The summed E-state index contributed by atoms with van der Waals surface area (Å²) in [5.74, 6) is -0.395. The summed E-state index contributed by atoms with van der Waals surface area (Å²) in [5, 5.41) is 0. The second-order valence-electron chi connectivity index (χ2n) is 3.22. The number of fused-ring (bicyclic) bond motifs is 1. The number of halogens is 1. The molecule has 13 heavy (non-hydrogen) atoms. The number of rotatable bonds is 0. The SMILES string of the molecule is O=S1(=O)Cc2ccccc2C(F)C1. The van der Waals surface area contributed by atoms with Crippen LogP contribution in [0.15, 0.2) is 24.3 Å². The highest BCUT2D eigenvalue weighted by Crippen LogP contribution is 2.30. The first-order valence-corrected chi connectivity index (χ1v) is 5.83. The third-order valence-corrected chi connectivity index (χ3v) is 3.72. The zero-order valence-corrected chi connectivity index (χ0v) is 7.72. The quantitative estimate of drug-likeness (QED) is 0.637. The molecule has 1 aromatic carbocycles. The van der Waals surface area contributed by atoms with Crippen LogP contribution in [0.25, 0.3) is 0 Å². The molecule has 1 unspecified atom stereocenters. The van der Waals surface area contributed by atoms with E-state index in [2.05, 4.69) is 0 Å². The average Bonchev–Trinajstić information content (AvgIpc) is 2.02. The summed E-state index contributed by atoms with van der Waals surface area (Å²) in [5.41, 5.74) is 1.12. The molecule has 0 aliphatic carbocycles. The lowest BCUT2D eigenvalue weighted by atomic mass is 10.1. The molecule has 0 radical (unpaired) electrons. The molecule has 0 aromatic heterocycles. The molecule has 1 aliphatic heterocycles. The fourth-order valence-electron chi connectivity index (χ4n) is 1.58. The first-order chi connectivity index (χ1) is 6.08. The van der Waals surface area contributed by atoms with E-state index in [1.807, 2.05) is 0 Å². The number of alkyl halides is 1. The van der Waals surface area contributed by atoms with Crippen molar-refractivity contribution in [2.24, 2.45) is 0 Å². The second-order valence-corrected chi connectivity index (χ2v) is 5.33. The van der Waals surface area contributed by atoms with Gasteiger partial charge in [-0.25, -0.2) is 12.8 Å². The van der Waals surface area contributed by atoms with Crippen molar-refractivity contribution in [1.29, 1.82) is 0 Å². The molecule has 1 aromatic rings. The van der Waals surface area contributed by atoms with Crippen LogP contribution in [0, 0.1) is 0 Å². The van der Waals surface area contributed by atoms with E-state index < -0.39 is 16.0 Å². The van der Waals surface area contributed by atoms with Gasteiger partial charge in [-0.3, -0.25) is 0 Å². The van der Waals surface area contributed by atoms with E-state index in [0.29, 0.717) is 11.1 Å². The minimum Gasteiger partial charge on any atom is -0.241 e. The van der Waals surface area contributed by atoms with Crippen molar-refractivity contribution in [1.82, 2.24) is 0 Å². The number of benzene rings is 1. The largest absolute Gasteiger partial charge is 0.241 e. The lowest BCUT2D eigenvalue weighted by Crippen LogP contribution is -2.21. The van der Waals surface area contributed by atoms with E-state index in [1.54, 1.807) is 24.3 Å². The van der Waals surface area contributed by atoms with Crippen LogP contribution < -0.4 is 0 Å². The Balaban J connectivity index is 2.55. The van der Waals surface area contributed by atoms with Crippen LogP contribution in [0.3, 0.4) is 0 Å². The Morgan fingerprint density at radius 2 is 2.00 bits per heavy atom. The van der Waals surface area contributed by atoms with E-state index in [1.165, 1.54) is 0 Å². The molecule has 0 saturated carbocycles. The van der Waals surface area contributed by atoms with Gasteiger partial charge in [-0.2, -0.15) is 0 Å². The van der Waals surface area contributed by atoms with E-state index in [4.69, 9.17) is 0 Å². The zero-order chi connectivity index (χ0) is 9.47. The fraction of sp³-hybridized carbons (Fsp3) is 0.333. The van der Waals surface area contributed by atoms with Gasteiger partial charge in [0.05, 0.1) is 11.5 Å². The van der Waals surface area contributed by atoms with Gasteiger partial charge in [0.2, 0.25) is 0 Å². The van der Waals surface area contributed by atoms with Gasteiger partial charge in [-0.1, -0.05) is 24.3 Å². The molecule has 2 nitrogen and oxygen atoms in total. The number of hydrogen-bond acceptors (Lipinski definition) is 2. The van der Waals surface area contributed by atoms with Crippen LogP contribution in [-0.2, 0) is 15.6 Å². The minimum absolute atomic E-state index is 0.0242. The molecule has 1 aliphatic rings. The second kappa shape index (κ2) is 2.80. The van der Waals surface area contributed by atoms with Crippen LogP contribution in [0.2, 0.25) is 0 Å². The molecule has 0 amide bonds. The van der Waals surface area contributed by atoms with E-state index in [-0.39, 0.29) is 11.5 Å². The highest BCUT2D eigenvalue weighted by atomic mass is 32.2. The summed E-state index contributed by atoms with van der Waals surface area (Å²) in [7, 11) is -3.22. The van der Waals surface area contributed by atoms with Gasteiger partial charge in [0, 0.05) is 0 Å². The smallest absolute Gasteiger partial charge is 0.157 e. The molecule has 0 bridgehead atoms. The maximum absolute atomic E-state index is 13.3. The molecular weight excluding hydrogens is 191 g/mol. The molecular formula is C9H9FO2S. The minimum atomic E-state index is -3.22. The fourth-order valence-corrected chi connectivity index (χ4v) is 3.06. The predicted octanol–water partition coefficient (Wildman–Crippen LogP) is 1.63. The maximum atomic E-state index is 13.3. The molecule has 0 N–H and O–H groups in total. The Morgan fingerprint density at radius 1 is 1.31 bits per heavy atom. The molecule has 0 spiro atoms. The van der Waals surface area contributed by atoms with E-state index in [0.717, 1.165) is 0 Å². The van der Waals surface area contributed by atoms with E-state index >= 15 is 0 Å². The van der Waals surface area contributed by atoms with Crippen LogP contribution in [0.4, 0.5) is 4.39 Å². The summed E-state index contributed by atoms with van der Waals surface area (Å²) in [6, 6.07) is 6.77. The topological polar surface area (TPSA) is 34.1 Å². The van der Waals surface area contributed by atoms with Crippen molar-refractivity contribution in [3.05, 3.63) is 35.4 Å². The van der Waals surface area contributed by atoms with Gasteiger partial charge in [0.25, 0.3) is 0 Å². The number of hydrogen-bond donors (Lipinski definition) is 0. The Morgan fingerprint density at radius 3 is 2.77 bits per heavy atom. The monoisotopic (exact) mass is 200 g/mol. The lowest BCUT2D eigenvalue weighted by Gasteiger charge is -2.19. The van der Waals surface area contributed by atoms with Crippen LogP contribution >= 0.6 is 0 Å². The summed E-state index contributed by atoms with van der Waals surface area (Å²) in [6.07, 6.45) is -1.35. The van der Waals surface area contributed by atoms with Gasteiger partial charge in [-0.05, 0) is 11.1 Å². The molecule has 4 heteroatoms. The zero-order valence-electron chi connectivity index (χ0n) is 6.90. The normalized spacial score (nSPS) is 25.2. The lowest BCUT2D eigenvalue weighted by molar-refractivity contribution is 0.368. The number of sulfone groups is 1. The van der Waals surface area contributed by atoms with Gasteiger partial charge in [0.1, 0.15) is 6.17 Å². The first kappa shape index (κ1) is 8.69. The van der Waals surface area contributed by atoms with Gasteiger partial charge >= 0.3 is 0 Å². The van der Waals surface area contributed by atoms with Crippen molar-refractivity contribution in [3.63, 3.8) is 0 Å². The van der Waals surface area contributed by atoms with Gasteiger partial charge in [-0.15, -0.1) is 0 Å². The first-order valence-electron chi connectivity index (χ1n) is 4.01. The summed E-state index contributed by atoms with van der Waals surface area (Å²) in [4.78, 5) is 0. The standard InChI is InChI=1S/C9H9FO2S/c10-9-6-13(11,12)5-7-3-1-2-4-8(7)9/h1-4,9H,5-6H2. The summed E-state index contributed by atoms with van der Waals surface area (Å²) >= 11 is 0.